The van der Waals surface area contributed by atoms with E-state index >= 15 is 0 Å². The van der Waals surface area contributed by atoms with Crippen molar-refractivity contribution in [2.24, 2.45) is 5.10 Å². The largest absolute Gasteiger partial charge is 0.496 e. The number of hydrogen-bond donors (Lipinski definition) is 0. The number of thioether (sulfide) groups is 1. The Morgan fingerprint density at radius 1 is 1.17 bits per heavy atom. The van der Waals surface area contributed by atoms with Crippen LogP contribution in [-0.4, -0.2) is 46.5 Å². The van der Waals surface area contributed by atoms with Gasteiger partial charge in [-0.2, -0.15) is 9.78 Å². The summed E-state index contributed by atoms with van der Waals surface area (Å²) in [7, 11) is 2.85. The second-order valence-corrected chi connectivity index (χ2v) is 6.62. The summed E-state index contributed by atoms with van der Waals surface area (Å²) in [6.45, 7) is 0. The highest BCUT2D eigenvalue weighted by atomic mass is 32.2. The first kappa shape index (κ1) is 20.3. The fraction of sp³-hybridized carbons (Fsp3) is 0.211. The van der Waals surface area contributed by atoms with Gasteiger partial charge >= 0.3 is 5.69 Å². The molecule has 0 radical (unpaired) electrons. The highest BCUT2D eigenvalue weighted by molar-refractivity contribution is 7.98. The Balaban J connectivity index is 2.00. The van der Waals surface area contributed by atoms with Crippen LogP contribution < -0.4 is 9.47 Å². The SMILES string of the molecule is COc1cc(OC)c([N+](=O)[O-])cc1/C=N\n1c(Cc2ccccc2)nnc1SC. The highest BCUT2D eigenvalue weighted by Crippen LogP contribution is 2.33. The number of benzene rings is 2. The highest BCUT2D eigenvalue weighted by Gasteiger charge is 2.19. The Morgan fingerprint density at radius 2 is 1.90 bits per heavy atom. The first-order valence-electron chi connectivity index (χ1n) is 8.54. The maximum atomic E-state index is 11.3. The van der Waals surface area contributed by atoms with Gasteiger partial charge in [0, 0.05) is 24.1 Å². The molecule has 0 aliphatic rings. The van der Waals surface area contributed by atoms with Crippen LogP contribution in [0.4, 0.5) is 5.69 Å². The molecule has 0 aliphatic carbocycles. The molecular weight excluding hydrogens is 394 g/mol. The van der Waals surface area contributed by atoms with E-state index in [1.54, 1.807) is 4.68 Å². The average molecular weight is 413 g/mol. The summed E-state index contributed by atoms with van der Waals surface area (Å²) >= 11 is 1.40. The van der Waals surface area contributed by atoms with Gasteiger partial charge in [-0.15, -0.1) is 10.2 Å². The smallest absolute Gasteiger partial charge is 0.311 e. The van der Waals surface area contributed by atoms with Gasteiger partial charge in [0.15, 0.2) is 5.82 Å². The number of nitrogens with zero attached hydrogens (tertiary/aromatic N) is 5. The van der Waals surface area contributed by atoms with Gasteiger partial charge in [0.05, 0.1) is 25.4 Å². The Kier molecular flexibility index (Phi) is 6.45. The molecule has 0 N–H and O–H groups in total. The van der Waals surface area contributed by atoms with E-state index < -0.39 is 4.92 Å². The topological polar surface area (TPSA) is 105 Å². The van der Waals surface area contributed by atoms with Gasteiger partial charge in [-0.05, 0) is 11.8 Å². The minimum absolute atomic E-state index is 0.114. The third kappa shape index (κ3) is 4.54. The fourth-order valence-electron chi connectivity index (χ4n) is 2.70. The molecule has 29 heavy (non-hydrogen) atoms. The van der Waals surface area contributed by atoms with Crippen molar-refractivity contribution >= 4 is 23.7 Å². The van der Waals surface area contributed by atoms with Crippen LogP contribution in [0.25, 0.3) is 0 Å². The quantitative estimate of drug-likeness (QED) is 0.241. The Morgan fingerprint density at radius 3 is 2.52 bits per heavy atom. The monoisotopic (exact) mass is 413 g/mol. The van der Waals surface area contributed by atoms with Crippen LogP contribution in [0.1, 0.15) is 17.0 Å². The van der Waals surface area contributed by atoms with Crippen molar-refractivity contribution in [1.82, 2.24) is 14.9 Å². The molecule has 0 saturated heterocycles. The Hall–Kier alpha value is -3.40. The lowest BCUT2D eigenvalue weighted by molar-refractivity contribution is -0.385. The Bertz CT molecular complexity index is 1040. The van der Waals surface area contributed by atoms with Gasteiger partial charge in [0.25, 0.3) is 0 Å². The summed E-state index contributed by atoms with van der Waals surface area (Å²) in [5.74, 6) is 1.17. The van der Waals surface area contributed by atoms with Crippen molar-refractivity contribution in [2.75, 3.05) is 20.5 Å². The molecule has 1 heterocycles. The third-order valence-corrected chi connectivity index (χ3v) is 4.72. The van der Waals surface area contributed by atoms with E-state index in [4.69, 9.17) is 9.47 Å². The number of hydrogen-bond acceptors (Lipinski definition) is 8. The van der Waals surface area contributed by atoms with Crippen LogP contribution in [0, 0.1) is 10.1 Å². The first-order chi connectivity index (χ1) is 14.1. The summed E-state index contributed by atoms with van der Waals surface area (Å²) in [5.41, 5.74) is 1.33. The predicted octanol–water partition coefficient (Wildman–Crippen LogP) is 3.40. The molecule has 9 nitrogen and oxygen atoms in total. The molecular formula is C19H19N5O4S. The molecule has 0 bridgehead atoms. The minimum atomic E-state index is -0.511. The molecule has 150 valence electrons. The zero-order chi connectivity index (χ0) is 20.8. The van der Waals surface area contributed by atoms with E-state index in [2.05, 4.69) is 15.3 Å². The second kappa shape index (κ2) is 9.20. The van der Waals surface area contributed by atoms with Gasteiger partial charge < -0.3 is 9.47 Å². The zero-order valence-electron chi connectivity index (χ0n) is 16.1. The molecule has 10 heteroatoms. The van der Waals surface area contributed by atoms with Crippen molar-refractivity contribution in [3.05, 3.63) is 69.5 Å². The number of methoxy groups -OCH3 is 2. The van der Waals surface area contributed by atoms with Crippen molar-refractivity contribution in [3.63, 3.8) is 0 Å². The summed E-state index contributed by atoms with van der Waals surface area (Å²) in [4.78, 5) is 10.8. The van der Waals surface area contributed by atoms with Crippen LogP contribution in [0.2, 0.25) is 0 Å². The molecule has 0 spiro atoms. The lowest BCUT2D eigenvalue weighted by Gasteiger charge is -2.08. The number of nitro groups is 1. The number of nitro benzene ring substituents is 1. The molecule has 0 atom stereocenters. The summed E-state index contributed by atoms with van der Waals surface area (Å²) in [5, 5.41) is 24.8. The molecule has 3 aromatic rings. The normalized spacial score (nSPS) is 11.0. The van der Waals surface area contributed by atoms with Gasteiger partial charge in [-0.1, -0.05) is 42.1 Å². The van der Waals surface area contributed by atoms with E-state index in [9.17, 15) is 10.1 Å². The van der Waals surface area contributed by atoms with Crippen molar-refractivity contribution in [1.29, 1.82) is 0 Å². The standard InChI is InChI=1S/C19H19N5O4S/c1-27-16-11-17(28-2)15(24(25)26)10-14(16)12-20-23-18(21-22-19(23)29-3)9-13-7-5-4-6-8-13/h4-8,10-12H,9H2,1-3H3/b20-12-. The lowest BCUT2D eigenvalue weighted by atomic mass is 10.1. The summed E-state index contributed by atoms with van der Waals surface area (Å²) in [6.07, 6.45) is 3.91. The number of ether oxygens (including phenoxy) is 2. The van der Waals surface area contributed by atoms with Crippen LogP contribution in [-0.2, 0) is 6.42 Å². The predicted molar refractivity (Wildman–Crippen MR) is 110 cm³/mol. The third-order valence-electron chi connectivity index (χ3n) is 4.10. The number of rotatable bonds is 8. The molecule has 0 amide bonds. The molecule has 0 fully saturated rings. The van der Waals surface area contributed by atoms with E-state index in [1.165, 1.54) is 44.3 Å². The van der Waals surface area contributed by atoms with Crippen LogP contribution in [0.15, 0.2) is 52.7 Å². The van der Waals surface area contributed by atoms with Crippen molar-refractivity contribution < 1.29 is 14.4 Å². The van der Waals surface area contributed by atoms with E-state index in [1.807, 2.05) is 36.6 Å². The molecule has 3 rings (SSSR count). The summed E-state index contributed by atoms with van der Waals surface area (Å²) < 4.78 is 12.0. The number of aromatic nitrogens is 3. The maximum absolute atomic E-state index is 11.3. The van der Waals surface area contributed by atoms with Crippen LogP contribution >= 0.6 is 11.8 Å². The lowest BCUT2D eigenvalue weighted by Crippen LogP contribution is -2.03. The van der Waals surface area contributed by atoms with E-state index in [0.29, 0.717) is 28.7 Å². The van der Waals surface area contributed by atoms with Gasteiger partial charge in [-0.3, -0.25) is 10.1 Å². The fourth-order valence-corrected chi connectivity index (χ4v) is 3.15. The summed E-state index contributed by atoms with van der Waals surface area (Å²) in [6, 6.07) is 12.7. The van der Waals surface area contributed by atoms with Gasteiger partial charge in [-0.25, -0.2) is 0 Å². The maximum Gasteiger partial charge on any atom is 0.311 e. The van der Waals surface area contributed by atoms with Crippen LogP contribution in [0.3, 0.4) is 0 Å². The van der Waals surface area contributed by atoms with Crippen molar-refractivity contribution in [2.45, 2.75) is 11.6 Å². The first-order valence-corrected chi connectivity index (χ1v) is 9.76. The van der Waals surface area contributed by atoms with Crippen LogP contribution in [0.5, 0.6) is 11.5 Å². The molecule has 0 aliphatic heterocycles. The second-order valence-electron chi connectivity index (χ2n) is 5.84. The molecule has 2 aromatic carbocycles. The molecule has 0 saturated carbocycles. The van der Waals surface area contributed by atoms with Gasteiger partial charge in [0.2, 0.25) is 10.9 Å². The van der Waals surface area contributed by atoms with E-state index in [-0.39, 0.29) is 11.4 Å². The Labute approximate surface area is 171 Å². The van der Waals surface area contributed by atoms with Crippen molar-refractivity contribution in [3.8, 4) is 11.5 Å². The zero-order valence-corrected chi connectivity index (χ0v) is 16.9. The molecule has 0 unspecified atom stereocenters. The molecule has 1 aromatic heterocycles. The van der Waals surface area contributed by atoms with Gasteiger partial charge in [0.1, 0.15) is 5.75 Å². The average Bonchev–Trinajstić information content (AvgIpc) is 3.13. The van der Waals surface area contributed by atoms with E-state index in [0.717, 1.165) is 5.56 Å². The minimum Gasteiger partial charge on any atom is -0.496 e.